The molecule has 2 unspecified atom stereocenters. The zero-order valence-electron chi connectivity index (χ0n) is 9.49. The molecule has 1 aliphatic heterocycles. The molecule has 2 atom stereocenters. The maximum absolute atomic E-state index is 5.94. The zero-order valence-corrected chi connectivity index (χ0v) is 10.2. The first-order chi connectivity index (χ1) is 7.85. The van der Waals surface area contributed by atoms with Crippen molar-refractivity contribution in [2.24, 2.45) is 5.92 Å². The van der Waals surface area contributed by atoms with Crippen molar-refractivity contribution in [1.82, 2.24) is 0 Å². The van der Waals surface area contributed by atoms with Crippen molar-refractivity contribution in [3.63, 3.8) is 0 Å². The van der Waals surface area contributed by atoms with Crippen molar-refractivity contribution in [1.29, 1.82) is 0 Å². The molecule has 2 rings (SSSR count). The second-order valence-corrected chi connectivity index (χ2v) is 4.31. The fraction of sp³-hybridized carbons (Fsp3) is 0.538. The Morgan fingerprint density at radius 1 is 1.50 bits per heavy atom. The second kappa shape index (κ2) is 5.55. The Balaban J connectivity index is 2.16. The fourth-order valence-electron chi connectivity index (χ4n) is 2.11. The van der Waals surface area contributed by atoms with Crippen LogP contribution in [0.3, 0.4) is 0 Å². The molecule has 1 saturated heterocycles. The van der Waals surface area contributed by atoms with E-state index in [2.05, 4.69) is 12.1 Å². The number of alkyl halides is 1. The molecule has 1 aromatic rings. The SMILES string of the molecule is CCOc1cccc(C2OCCC2CCl)c1. The number of hydrogen-bond acceptors (Lipinski definition) is 2. The van der Waals surface area contributed by atoms with E-state index in [4.69, 9.17) is 21.1 Å². The van der Waals surface area contributed by atoms with Gasteiger partial charge >= 0.3 is 0 Å². The van der Waals surface area contributed by atoms with Gasteiger partial charge in [-0.15, -0.1) is 11.6 Å². The van der Waals surface area contributed by atoms with Crippen molar-refractivity contribution in [3.8, 4) is 5.75 Å². The molecule has 0 aromatic heterocycles. The van der Waals surface area contributed by atoms with Crippen LogP contribution in [0.2, 0.25) is 0 Å². The van der Waals surface area contributed by atoms with Crippen LogP contribution in [-0.2, 0) is 4.74 Å². The van der Waals surface area contributed by atoms with E-state index in [9.17, 15) is 0 Å². The van der Waals surface area contributed by atoms with Gasteiger partial charge in [-0.1, -0.05) is 12.1 Å². The molecule has 16 heavy (non-hydrogen) atoms. The van der Waals surface area contributed by atoms with Crippen LogP contribution in [0.25, 0.3) is 0 Å². The molecule has 88 valence electrons. The topological polar surface area (TPSA) is 18.5 Å². The maximum atomic E-state index is 5.94. The summed E-state index contributed by atoms with van der Waals surface area (Å²) in [5.41, 5.74) is 1.18. The lowest BCUT2D eigenvalue weighted by molar-refractivity contribution is 0.0949. The van der Waals surface area contributed by atoms with E-state index >= 15 is 0 Å². The van der Waals surface area contributed by atoms with Gasteiger partial charge in [0.2, 0.25) is 0 Å². The minimum atomic E-state index is 0.137. The first kappa shape index (κ1) is 11.7. The van der Waals surface area contributed by atoms with E-state index in [0.29, 0.717) is 18.4 Å². The first-order valence-corrected chi connectivity index (χ1v) is 6.29. The van der Waals surface area contributed by atoms with Crippen molar-refractivity contribution in [3.05, 3.63) is 29.8 Å². The Hall–Kier alpha value is -0.730. The fourth-order valence-corrected chi connectivity index (χ4v) is 2.42. The second-order valence-electron chi connectivity index (χ2n) is 4.00. The molecular formula is C13H17ClO2. The third kappa shape index (κ3) is 2.50. The van der Waals surface area contributed by atoms with Gasteiger partial charge in [0.25, 0.3) is 0 Å². The molecule has 0 radical (unpaired) electrons. The smallest absolute Gasteiger partial charge is 0.119 e. The van der Waals surface area contributed by atoms with Gasteiger partial charge in [-0.05, 0) is 31.0 Å². The average molecular weight is 241 g/mol. The van der Waals surface area contributed by atoms with E-state index in [0.717, 1.165) is 18.8 Å². The summed E-state index contributed by atoms with van der Waals surface area (Å²) in [4.78, 5) is 0. The van der Waals surface area contributed by atoms with Crippen LogP contribution in [-0.4, -0.2) is 19.1 Å². The molecule has 2 nitrogen and oxygen atoms in total. The molecule has 3 heteroatoms. The Morgan fingerprint density at radius 3 is 3.12 bits per heavy atom. The van der Waals surface area contributed by atoms with Crippen LogP contribution < -0.4 is 4.74 Å². The predicted molar refractivity (Wildman–Crippen MR) is 65.1 cm³/mol. The molecule has 0 spiro atoms. The van der Waals surface area contributed by atoms with Crippen LogP contribution in [0.4, 0.5) is 0 Å². The maximum Gasteiger partial charge on any atom is 0.119 e. The molecule has 0 N–H and O–H groups in total. The molecule has 1 fully saturated rings. The van der Waals surface area contributed by atoms with Crippen LogP contribution in [0.1, 0.15) is 25.0 Å². The molecule has 1 heterocycles. The monoisotopic (exact) mass is 240 g/mol. The van der Waals surface area contributed by atoms with Crippen LogP contribution in [0, 0.1) is 5.92 Å². The highest BCUT2D eigenvalue weighted by atomic mass is 35.5. The lowest BCUT2D eigenvalue weighted by Gasteiger charge is -2.17. The van der Waals surface area contributed by atoms with E-state index in [1.54, 1.807) is 0 Å². The van der Waals surface area contributed by atoms with Gasteiger partial charge in [0.1, 0.15) is 5.75 Å². The number of rotatable bonds is 4. The van der Waals surface area contributed by atoms with Crippen molar-refractivity contribution < 1.29 is 9.47 Å². The van der Waals surface area contributed by atoms with Gasteiger partial charge in [-0.25, -0.2) is 0 Å². The summed E-state index contributed by atoms with van der Waals surface area (Å²) in [5.74, 6) is 1.99. The van der Waals surface area contributed by atoms with E-state index in [1.165, 1.54) is 5.56 Å². The molecular weight excluding hydrogens is 224 g/mol. The lowest BCUT2D eigenvalue weighted by atomic mass is 9.97. The average Bonchev–Trinajstić information content (AvgIpc) is 2.78. The van der Waals surface area contributed by atoms with Crippen LogP contribution >= 0.6 is 11.6 Å². The number of hydrogen-bond donors (Lipinski definition) is 0. The molecule has 1 aliphatic rings. The summed E-state index contributed by atoms with van der Waals surface area (Å²) in [6.07, 6.45) is 1.19. The molecule has 0 bridgehead atoms. The van der Waals surface area contributed by atoms with Crippen molar-refractivity contribution >= 4 is 11.6 Å². The summed E-state index contributed by atoms with van der Waals surface area (Å²) < 4.78 is 11.2. The minimum Gasteiger partial charge on any atom is -0.494 e. The Morgan fingerprint density at radius 2 is 2.38 bits per heavy atom. The predicted octanol–water partition coefficient (Wildman–Crippen LogP) is 3.40. The number of ether oxygens (including phenoxy) is 2. The van der Waals surface area contributed by atoms with E-state index in [-0.39, 0.29) is 6.10 Å². The molecule has 1 aromatic carbocycles. The summed E-state index contributed by atoms with van der Waals surface area (Å²) in [5, 5.41) is 0. The van der Waals surface area contributed by atoms with E-state index < -0.39 is 0 Å². The Kier molecular flexibility index (Phi) is 4.08. The van der Waals surface area contributed by atoms with Crippen molar-refractivity contribution in [2.45, 2.75) is 19.4 Å². The standard InChI is InChI=1S/C13H17ClO2/c1-2-15-12-5-3-4-10(8-12)13-11(9-14)6-7-16-13/h3-5,8,11,13H,2,6-7,9H2,1H3. The first-order valence-electron chi connectivity index (χ1n) is 5.75. The quantitative estimate of drug-likeness (QED) is 0.751. The summed E-state index contributed by atoms with van der Waals surface area (Å²) in [6, 6.07) is 8.11. The normalized spacial score (nSPS) is 24.6. The summed E-state index contributed by atoms with van der Waals surface area (Å²) in [7, 11) is 0. The minimum absolute atomic E-state index is 0.137. The highest BCUT2D eigenvalue weighted by Gasteiger charge is 2.28. The van der Waals surface area contributed by atoms with Crippen LogP contribution in [0.5, 0.6) is 5.75 Å². The van der Waals surface area contributed by atoms with E-state index in [1.807, 2.05) is 19.1 Å². The third-order valence-electron chi connectivity index (χ3n) is 2.91. The van der Waals surface area contributed by atoms with Gasteiger partial charge < -0.3 is 9.47 Å². The highest BCUT2D eigenvalue weighted by Crippen LogP contribution is 2.36. The number of halogens is 1. The Bertz CT molecular complexity index is 340. The molecule has 0 saturated carbocycles. The summed E-state index contributed by atoms with van der Waals surface area (Å²) >= 11 is 5.94. The van der Waals surface area contributed by atoms with Gasteiger partial charge in [0.15, 0.2) is 0 Å². The van der Waals surface area contributed by atoms with Gasteiger partial charge in [-0.3, -0.25) is 0 Å². The van der Waals surface area contributed by atoms with Crippen molar-refractivity contribution in [2.75, 3.05) is 19.1 Å². The van der Waals surface area contributed by atoms with Gasteiger partial charge in [-0.2, -0.15) is 0 Å². The van der Waals surface area contributed by atoms with Crippen LogP contribution in [0.15, 0.2) is 24.3 Å². The lowest BCUT2D eigenvalue weighted by Crippen LogP contribution is -2.09. The Labute approximate surface area is 102 Å². The molecule has 0 aliphatic carbocycles. The largest absolute Gasteiger partial charge is 0.494 e. The van der Waals surface area contributed by atoms with Gasteiger partial charge in [0.05, 0.1) is 12.7 Å². The third-order valence-corrected chi connectivity index (χ3v) is 3.31. The zero-order chi connectivity index (χ0) is 11.4. The highest BCUT2D eigenvalue weighted by molar-refractivity contribution is 6.18. The molecule has 0 amide bonds. The summed E-state index contributed by atoms with van der Waals surface area (Å²) in [6.45, 7) is 3.48. The van der Waals surface area contributed by atoms with Gasteiger partial charge in [0, 0.05) is 18.4 Å². The number of benzene rings is 1.